The molecule has 2 aliphatic heterocycles. The number of likely N-dealkylation sites (N-methyl/N-ethyl adjacent to an activating group) is 1. The third-order valence-corrected chi connectivity index (χ3v) is 6.55. The number of aliphatic imine (C=N–C) groups is 1. The first-order valence-electron chi connectivity index (χ1n) is 11.0. The largest absolute Gasteiger partial charge is 0.497 e. The van der Waals surface area contributed by atoms with Gasteiger partial charge in [0.25, 0.3) is 11.8 Å². The standard InChI is InChI=1S/C25H27N3O5S/c1-4-28-24(30)22(15-17-8-9-20(31-2)16-21(17)32-3)34-25(28)26-19-7-5-6-18(14-19)23(29)27-10-12-33-13-11-27/h5-9,14-16H,4,10-13H2,1-3H3/b22-15+,26-25?. The van der Waals surface area contributed by atoms with Crippen molar-refractivity contribution in [3.63, 3.8) is 0 Å². The van der Waals surface area contributed by atoms with Gasteiger partial charge in [-0.2, -0.15) is 0 Å². The van der Waals surface area contributed by atoms with E-state index in [-0.39, 0.29) is 11.8 Å². The molecular formula is C25H27N3O5S. The number of morpholine rings is 1. The Balaban J connectivity index is 1.60. The van der Waals surface area contributed by atoms with Crippen LogP contribution in [0, 0.1) is 0 Å². The fourth-order valence-electron chi connectivity index (χ4n) is 3.72. The Labute approximate surface area is 203 Å². The van der Waals surface area contributed by atoms with E-state index in [1.54, 1.807) is 48.3 Å². The normalized spacial score (nSPS) is 18.6. The van der Waals surface area contributed by atoms with Crippen LogP contribution >= 0.6 is 11.8 Å². The second-order valence-corrected chi connectivity index (χ2v) is 8.63. The number of carbonyl (C=O) groups excluding carboxylic acids is 2. The van der Waals surface area contributed by atoms with Crippen molar-refractivity contribution in [1.82, 2.24) is 9.80 Å². The third kappa shape index (κ3) is 5.10. The van der Waals surface area contributed by atoms with Crippen molar-refractivity contribution in [1.29, 1.82) is 0 Å². The lowest BCUT2D eigenvalue weighted by molar-refractivity contribution is -0.122. The molecule has 2 aromatic rings. The predicted octanol–water partition coefficient (Wildman–Crippen LogP) is 3.80. The van der Waals surface area contributed by atoms with Gasteiger partial charge in [0.2, 0.25) is 0 Å². The van der Waals surface area contributed by atoms with Gasteiger partial charge >= 0.3 is 0 Å². The minimum Gasteiger partial charge on any atom is -0.497 e. The van der Waals surface area contributed by atoms with Crippen molar-refractivity contribution in [2.75, 3.05) is 47.1 Å². The number of hydrogen-bond donors (Lipinski definition) is 0. The number of methoxy groups -OCH3 is 2. The van der Waals surface area contributed by atoms with Gasteiger partial charge in [-0.25, -0.2) is 4.99 Å². The molecule has 8 nitrogen and oxygen atoms in total. The first kappa shape index (κ1) is 23.8. The topological polar surface area (TPSA) is 80.7 Å². The van der Waals surface area contributed by atoms with Crippen molar-refractivity contribution in [3.05, 3.63) is 58.5 Å². The van der Waals surface area contributed by atoms with Gasteiger partial charge in [0, 0.05) is 36.8 Å². The van der Waals surface area contributed by atoms with Gasteiger partial charge < -0.3 is 19.1 Å². The van der Waals surface area contributed by atoms with Crippen molar-refractivity contribution in [2.45, 2.75) is 6.92 Å². The van der Waals surface area contributed by atoms with Crippen LogP contribution in [0.15, 0.2) is 52.4 Å². The molecule has 2 aliphatic rings. The summed E-state index contributed by atoms with van der Waals surface area (Å²) in [5.74, 6) is 1.13. The molecule has 2 fully saturated rings. The molecule has 178 valence electrons. The lowest BCUT2D eigenvalue weighted by Crippen LogP contribution is -2.40. The zero-order chi connectivity index (χ0) is 24.1. The summed E-state index contributed by atoms with van der Waals surface area (Å²) >= 11 is 1.30. The minimum absolute atomic E-state index is 0.0416. The first-order valence-corrected chi connectivity index (χ1v) is 11.8. The highest BCUT2D eigenvalue weighted by Crippen LogP contribution is 2.36. The molecule has 0 N–H and O–H groups in total. The molecular weight excluding hydrogens is 454 g/mol. The first-order chi connectivity index (χ1) is 16.5. The number of ether oxygens (including phenoxy) is 3. The molecule has 0 aromatic heterocycles. The van der Waals surface area contributed by atoms with E-state index >= 15 is 0 Å². The number of hydrogen-bond acceptors (Lipinski definition) is 7. The summed E-state index contributed by atoms with van der Waals surface area (Å²) in [5.41, 5.74) is 1.96. The van der Waals surface area contributed by atoms with E-state index in [0.717, 1.165) is 5.56 Å². The number of amides is 2. The van der Waals surface area contributed by atoms with Crippen LogP contribution in [0.5, 0.6) is 11.5 Å². The molecule has 0 bridgehead atoms. The van der Waals surface area contributed by atoms with Gasteiger partial charge in [0.1, 0.15) is 11.5 Å². The van der Waals surface area contributed by atoms with E-state index in [1.165, 1.54) is 11.8 Å². The van der Waals surface area contributed by atoms with E-state index in [0.29, 0.717) is 65.7 Å². The molecule has 4 rings (SSSR count). The maximum Gasteiger partial charge on any atom is 0.266 e. The summed E-state index contributed by atoms with van der Waals surface area (Å²) in [6.07, 6.45) is 1.80. The van der Waals surface area contributed by atoms with Gasteiger partial charge in [0.15, 0.2) is 5.17 Å². The zero-order valence-corrected chi connectivity index (χ0v) is 20.3. The highest BCUT2D eigenvalue weighted by atomic mass is 32.2. The molecule has 0 spiro atoms. The molecule has 0 atom stereocenters. The van der Waals surface area contributed by atoms with Crippen LogP contribution in [0.2, 0.25) is 0 Å². The average Bonchev–Trinajstić information content (AvgIpc) is 3.17. The quantitative estimate of drug-likeness (QED) is 0.584. The van der Waals surface area contributed by atoms with Gasteiger partial charge in [0.05, 0.1) is 38.0 Å². The predicted molar refractivity (Wildman–Crippen MR) is 133 cm³/mol. The Kier molecular flexibility index (Phi) is 7.54. The fourth-order valence-corrected chi connectivity index (χ4v) is 4.77. The molecule has 9 heteroatoms. The molecule has 0 unspecified atom stereocenters. The zero-order valence-electron chi connectivity index (χ0n) is 19.4. The summed E-state index contributed by atoms with van der Waals surface area (Å²) in [7, 11) is 3.17. The summed E-state index contributed by atoms with van der Waals surface area (Å²) < 4.78 is 16.0. The SMILES string of the molecule is CCN1C(=O)/C(=C\c2ccc(OC)cc2OC)SC1=Nc1cccc(C(=O)N2CCOCC2)c1. The maximum atomic E-state index is 13.1. The van der Waals surface area contributed by atoms with Gasteiger partial charge in [-0.15, -0.1) is 0 Å². The molecule has 34 heavy (non-hydrogen) atoms. The van der Waals surface area contributed by atoms with Crippen LogP contribution in [-0.4, -0.2) is 73.8 Å². The van der Waals surface area contributed by atoms with E-state index in [1.807, 2.05) is 31.2 Å². The van der Waals surface area contributed by atoms with Crippen LogP contribution in [0.25, 0.3) is 6.08 Å². The number of thioether (sulfide) groups is 1. The molecule has 2 saturated heterocycles. The second-order valence-electron chi connectivity index (χ2n) is 7.62. The van der Waals surface area contributed by atoms with E-state index in [4.69, 9.17) is 19.2 Å². The van der Waals surface area contributed by atoms with Gasteiger partial charge in [-0.1, -0.05) is 6.07 Å². The van der Waals surface area contributed by atoms with Crippen LogP contribution in [-0.2, 0) is 9.53 Å². The Bertz CT molecular complexity index is 1140. The van der Waals surface area contributed by atoms with Crippen molar-refractivity contribution in [2.24, 2.45) is 4.99 Å². The monoisotopic (exact) mass is 481 g/mol. The van der Waals surface area contributed by atoms with Crippen LogP contribution in [0.1, 0.15) is 22.8 Å². The van der Waals surface area contributed by atoms with E-state index in [2.05, 4.69) is 0 Å². The highest BCUT2D eigenvalue weighted by molar-refractivity contribution is 8.18. The lowest BCUT2D eigenvalue weighted by Gasteiger charge is -2.26. The molecule has 2 aromatic carbocycles. The van der Waals surface area contributed by atoms with Crippen LogP contribution < -0.4 is 9.47 Å². The number of rotatable bonds is 6. The molecule has 0 radical (unpaired) electrons. The third-order valence-electron chi connectivity index (χ3n) is 5.55. The number of amidine groups is 1. The fraction of sp³-hybridized carbons (Fsp3) is 0.320. The Hall–Kier alpha value is -3.30. The average molecular weight is 482 g/mol. The van der Waals surface area contributed by atoms with Crippen molar-refractivity contribution in [3.8, 4) is 11.5 Å². The number of carbonyl (C=O) groups is 2. The molecule has 2 heterocycles. The summed E-state index contributed by atoms with van der Waals surface area (Å²) in [4.78, 5) is 34.6. The lowest BCUT2D eigenvalue weighted by atomic mass is 10.1. The van der Waals surface area contributed by atoms with E-state index < -0.39 is 0 Å². The Morgan fingerprint density at radius 2 is 1.94 bits per heavy atom. The highest BCUT2D eigenvalue weighted by Gasteiger charge is 2.32. The summed E-state index contributed by atoms with van der Waals surface area (Å²) in [5, 5.41) is 0.571. The van der Waals surface area contributed by atoms with Crippen molar-refractivity contribution >= 4 is 40.5 Å². The Morgan fingerprint density at radius 1 is 1.15 bits per heavy atom. The van der Waals surface area contributed by atoms with Gasteiger partial charge in [-0.3, -0.25) is 14.5 Å². The minimum atomic E-state index is -0.121. The molecule has 0 saturated carbocycles. The maximum absolute atomic E-state index is 13.1. The Morgan fingerprint density at radius 3 is 2.65 bits per heavy atom. The number of benzene rings is 2. The van der Waals surface area contributed by atoms with Gasteiger partial charge in [-0.05, 0) is 55.1 Å². The van der Waals surface area contributed by atoms with Crippen LogP contribution in [0.3, 0.4) is 0 Å². The smallest absolute Gasteiger partial charge is 0.266 e. The number of nitrogens with zero attached hydrogens (tertiary/aromatic N) is 3. The molecule has 2 amide bonds. The summed E-state index contributed by atoms with van der Waals surface area (Å²) in [6, 6.07) is 12.6. The second kappa shape index (κ2) is 10.8. The van der Waals surface area contributed by atoms with Crippen molar-refractivity contribution < 1.29 is 23.8 Å². The van der Waals surface area contributed by atoms with E-state index in [9.17, 15) is 9.59 Å². The summed E-state index contributed by atoms with van der Waals surface area (Å²) in [6.45, 7) is 4.64. The van der Waals surface area contributed by atoms with Crippen LogP contribution in [0.4, 0.5) is 5.69 Å². The molecule has 0 aliphatic carbocycles.